The van der Waals surface area contributed by atoms with Crippen molar-refractivity contribution in [1.82, 2.24) is 0 Å². The van der Waals surface area contributed by atoms with Gasteiger partial charge in [0.25, 0.3) is 0 Å². The third kappa shape index (κ3) is 4.51. The summed E-state index contributed by atoms with van der Waals surface area (Å²) in [4.78, 5) is 10.8. The van der Waals surface area contributed by atoms with Crippen LogP contribution < -0.4 is 0 Å². The molecule has 0 saturated heterocycles. The summed E-state index contributed by atoms with van der Waals surface area (Å²) in [7, 11) is 0. The lowest BCUT2D eigenvalue weighted by molar-refractivity contribution is -0.143. The van der Waals surface area contributed by atoms with E-state index in [1.807, 2.05) is 0 Å². The van der Waals surface area contributed by atoms with E-state index < -0.39 is 5.97 Å². The highest BCUT2D eigenvalue weighted by atomic mass is 35.5. The molecule has 1 unspecified atom stereocenters. The van der Waals surface area contributed by atoms with Crippen LogP contribution in [0.2, 0.25) is 0 Å². The Bertz CT molecular complexity index is 142. The summed E-state index contributed by atoms with van der Waals surface area (Å²) in [5.41, 5.74) is 0. The summed E-state index contributed by atoms with van der Waals surface area (Å²) in [6.07, 6.45) is 4.01. The summed E-state index contributed by atoms with van der Waals surface area (Å²) in [6, 6.07) is 0. The maximum atomic E-state index is 10.8. The van der Waals surface area contributed by atoms with Crippen molar-refractivity contribution in [3.8, 4) is 0 Å². The second kappa shape index (κ2) is 7.19. The highest BCUT2D eigenvalue weighted by Crippen LogP contribution is 2.24. The second-order valence-corrected chi connectivity index (χ2v) is 3.75. The third-order valence-corrected chi connectivity index (χ3v) is 2.70. The molecule has 0 aliphatic carbocycles. The smallest absolute Gasteiger partial charge is 0.307 e. The average molecular weight is 207 g/mol. The molecule has 13 heavy (non-hydrogen) atoms. The van der Waals surface area contributed by atoms with Gasteiger partial charge in [0, 0.05) is 5.88 Å². The molecular weight excluding hydrogens is 188 g/mol. The maximum absolute atomic E-state index is 10.8. The summed E-state index contributed by atoms with van der Waals surface area (Å²) in [5.74, 6) is -0.617. The molecular formula is C10H19ClO2. The number of carboxylic acid groups (broad SMARTS) is 1. The monoisotopic (exact) mass is 206 g/mol. The number of halogens is 1. The summed E-state index contributed by atoms with van der Waals surface area (Å²) in [5, 5.41) is 8.91. The Kier molecular flexibility index (Phi) is 7.06. The molecule has 0 aliphatic rings. The van der Waals surface area contributed by atoms with Gasteiger partial charge in [0.1, 0.15) is 0 Å². The molecule has 0 aromatic rings. The molecule has 0 heterocycles. The highest BCUT2D eigenvalue weighted by Gasteiger charge is 2.25. The number of alkyl halides is 1. The zero-order valence-electron chi connectivity index (χ0n) is 8.42. The molecule has 0 radical (unpaired) electrons. The molecule has 0 bridgehead atoms. The molecule has 0 spiro atoms. The van der Waals surface area contributed by atoms with Gasteiger partial charge < -0.3 is 5.11 Å². The second-order valence-electron chi connectivity index (χ2n) is 3.44. The van der Waals surface area contributed by atoms with Gasteiger partial charge in [-0.25, -0.2) is 0 Å². The predicted molar refractivity (Wildman–Crippen MR) is 55.2 cm³/mol. The Morgan fingerprint density at radius 2 is 1.77 bits per heavy atom. The lowest BCUT2D eigenvalue weighted by atomic mass is 9.86. The fourth-order valence-corrected chi connectivity index (χ4v) is 2.07. The van der Waals surface area contributed by atoms with E-state index >= 15 is 0 Å². The van der Waals surface area contributed by atoms with Crippen molar-refractivity contribution >= 4 is 17.6 Å². The number of hydrogen-bond acceptors (Lipinski definition) is 1. The van der Waals surface area contributed by atoms with E-state index in [9.17, 15) is 4.79 Å². The summed E-state index contributed by atoms with van der Waals surface area (Å²) >= 11 is 5.65. The van der Waals surface area contributed by atoms with E-state index in [0.29, 0.717) is 0 Å². The highest BCUT2D eigenvalue weighted by molar-refractivity contribution is 6.19. The van der Waals surface area contributed by atoms with E-state index in [4.69, 9.17) is 16.7 Å². The topological polar surface area (TPSA) is 37.3 Å². The van der Waals surface area contributed by atoms with Crippen LogP contribution in [0.15, 0.2) is 0 Å². The standard InChI is InChI=1S/C10H19ClO2/c1-3-5-8(6-4-2)9(7-11)10(12)13/h8-9H,3-7H2,1-2H3,(H,12,13). The van der Waals surface area contributed by atoms with Crippen LogP contribution in [0.4, 0.5) is 0 Å². The Labute approximate surface area is 85.3 Å². The Hall–Kier alpha value is -0.240. The van der Waals surface area contributed by atoms with Crippen LogP contribution >= 0.6 is 11.6 Å². The molecule has 78 valence electrons. The quantitative estimate of drug-likeness (QED) is 0.650. The molecule has 0 aromatic carbocycles. The molecule has 2 nitrogen and oxygen atoms in total. The molecule has 1 atom stereocenters. The van der Waals surface area contributed by atoms with Crippen LogP contribution in [0.3, 0.4) is 0 Å². The molecule has 0 amide bonds. The van der Waals surface area contributed by atoms with E-state index in [-0.39, 0.29) is 17.7 Å². The van der Waals surface area contributed by atoms with Crippen molar-refractivity contribution < 1.29 is 9.90 Å². The lowest BCUT2D eigenvalue weighted by Crippen LogP contribution is -2.25. The van der Waals surface area contributed by atoms with Gasteiger partial charge in [-0.2, -0.15) is 0 Å². The molecule has 0 fully saturated rings. The van der Waals surface area contributed by atoms with Gasteiger partial charge in [0.15, 0.2) is 0 Å². The first-order valence-electron chi connectivity index (χ1n) is 4.96. The molecule has 0 aliphatic heterocycles. The van der Waals surface area contributed by atoms with E-state index in [2.05, 4.69) is 13.8 Å². The Morgan fingerprint density at radius 1 is 1.31 bits per heavy atom. The van der Waals surface area contributed by atoms with Crippen LogP contribution in [0.5, 0.6) is 0 Å². The van der Waals surface area contributed by atoms with Crippen molar-refractivity contribution in [2.75, 3.05) is 5.88 Å². The van der Waals surface area contributed by atoms with Gasteiger partial charge in [-0.15, -0.1) is 11.6 Å². The molecule has 0 rings (SSSR count). The first-order valence-corrected chi connectivity index (χ1v) is 5.49. The van der Waals surface area contributed by atoms with Crippen molar-refractivity contribution in [2.45, 2.75) is 39.5 Å². The molecule has 0 saturated carbocycles. The fraction of sp³-hybridized carbons (Fsp3) is 0.900. The first kappa shape index (κ1) is 12.8. The maximum Gasteiger partial charge on any atom is 0.307 e. The number of carboxylic acids is 1. The van der Waals surface area contributed by atoms with Crippen molar-refractivity contribution in [1.29, 1.82) is 0 Å². The predicted octanol–water partition coefficient (Wildman–Crippen LogP) is 3.14. The first-order chi connectivity index (χ1) is 6.17. The SMILES string of the molecule is CCCC(CCC)C(CCl)C(=O)O. The average Bonchev–Trinajstić information content (AvgIpc) is 2.05. The van der Waals surface area contributed by atoms with E-state index in [0.717, 1.165) is 25.7 Å². The van der Waals surface area contributed by atoms with Gasteiger partial charge in [0.2, 0.25) is 0 Å². The van der Waals surface area contributed by atoms with Crippen molar-refractivity contribution in [3.05, 3.63) is 0 Å². The van der Waals surface area contributed by atoms with Gasteiger partial charge in [-0.1, -0.05) is 26.7 Å². The number of carbonyl (C=O) groups is 1. The van der Waals surface area contributed by atoms with Crippen LogP contribution in [-0.4, -0.2) is 17.0 Å². The Balaban J connectivity index is 4.20. The fourth-order valence-electron chi connectivity index (χ4n) is 1.68. The zero-order chi connectivity index (χ0) is 10.3. The van der Waals surface area contributed by atoms with Gasteiger partial charge in [-0.3, -0.25) is 4.79 Å². The van der Waals surface area contributed by atoms with Crippen LogP contribution in [0.1, 0.15) is 39.5 Å². The summed E-state index contributed by atoms with van der Waals surface area (Å²) < 4.78 is 0. The normalized spacial score (nSPS) is 13.2. The molecule has 3 heteroatoms. The molecule has 0 aromatic heterocycles. The lowest BCUT2D eigenvalue weighted by Gasteiger charge is -2.20. The number of aliphatic carboxylic acids is 1. The van der Waals surface area contributed by atoms with Crippen LogP contribution in [0.25, 0.3) is 0 Å². The minimum absolute atomic E-state index is 0.236. The van der Waals surface area contributed by atoms with E-state index in [1.54, 1.807) is 0 Å². The summed E-state index contributed by atoms with van der Waals surface area (Å²) in [6.45, 7) is 4.16. The Morgan fingerprint density at radius 3 is 2.00 bits per heavy atom. The van der Waals surface area contributed by atoms with Crippen molar-refractivity contribution in [2.24, 2.45) is 11.8 Å². The van der Waals surface area contributed by atoms with Gasteiger partial charge >= 0.3 is 5.97 Å². The minimum atomic E-state index is -0.748. The largest absolute Gasteiger partial charge is 0.481 e. The van der Waals surface area contributed by atoms with Crippen LogP contribution in [-0.2, 0) is 4.79 Å². The number of rotatable bonds is 7. The minimum Gasteiger partial charge on any atom is -0.481 e. The van der Waals surface area contributed by atoms with Crippen LogP contribution in [0, 0.1) is 11.8 Å². The third-order valence-electron chi connectivity index (χ3n) is 2.37. The zero-order valence-corrected chi connectivity index (χ0v) is 9.18. The van der Waals surface area contributed by atoms with Gasteiger partial charge in [-0.05, 0) is 18.8 Å². The van der Waals surface area contributed by atoms with E-state index in [1.165, 1.54) is 0 Å². The van der Waals surface area contributed by atoms with Crippen molar-refractivity contribution in [3.63, 3.8) is 0 Å². The molecule has 1 N–H and O–H groups in total. The number of hydrogen-bond donors (Lipinski definition) is 1. The van der Waals surface area contributed by atoms with Gasteiger partial charge in [0.05, 0.1) is 5.92 Å².